The van der Waals surface area contributed by atoms with Crippen LogP contribution < -0.4 is 10.6 Å². The SMILES string of the molecule is Cc1ccc(NC(=O)CSc2nnc(CN3CCC(=O)NC3=O)o2)cc1Cl. The smallest absolute Gasteiger partial charge is 0.324 e. The molecule has 27 heavy (non-hydrogen) atoms. The summed E-state index contributed by atoms with van der Waals surface area (Å²) in [6, 6.07) is 4.77. The van der Waals surface area contributed by atoms with Crippen molar-refractivity contribution in [3.8, 4) is 0 Å². The Balaban J connectivity index is 1.49. The van der Waals surface area contributed by atoms with Gasteiger partial charge in [0.1, 0.15) is 6.54 Å². The van der Waals surface area contributed by atoms with Gasteiger partial charge in [0.15, 0.2) is 0 Å². The summed E-state index contributed by atoms with van der Waals surface area (Å²) in [6.45, 7) is 2.26. The normalized spacial score (nSPS) is 14.2. The Morgan fingerprint density at radius 1 is 1.41 bits per heavy atom. The third-order valence-electron chi connectivity index (χ3n) is 3.70. The standard InChI is InChI=1S/C16H16ClN5O4S/c1-9-2-3-10(6-11(9)17)18-13(24)8-27-16-21-20-14(26-16)7-22-5-4-12(23)19-15(22)25/h2-3,6H,4-5,7-8H2,1H3,(H,18,24)(H,19,23,25). The van der Waals surface area contributed by atoms with Gasteiger partial charge in [0.2, 0.25) is 17.7 Å². The van der Waals surface area contributed by atoms with Gasteiger partial charge in [-0.25, -0.2) is 4.79 Å². The van der Waals surface area contributed by atoms with Crippen LogP contribution in [0.4, 0.5) is 10.5 Å². The largest absolute Gasteiger partial charge is 0.414 e. The lowest BCUT2D eigenvalue weighted by Crippen LogP contribution is -2.48. The van der Waals surface area contributed by atoms with E-state index in [0.29, 0.717) is 10.7 Å². The first kappa shape index (κ1) is 19.2. The van der Waals surface area contributed by atoms with E-state index in [4.69, 9.17) is 16.0 Å². The van der Waals surface area contributed by atoms with Gasteiger partial charge in [-0.15, -0.1) is 10.2 Å². The van der Waals surface area contributed by atoms with E-state index in [0.717, 1.165) is 17.3 Å². The van der Waals surface area contributed by atoms with Crippen LogP contribution in [0.15, 0.2) is 27.8 Å². The van der Waals surface area contributed by atoms with E-state index in [2.05, 4.69) is 20.8 Å². The van der Waals surface area contributed by atoms with Crippen molar-refractivity contribution >= 4 is 46.9 Å². The second kappa shape index (κ2) is 8.40. The van der Waals surface area contributed by atoms with Crippen molar-refractivity contribution in [2.45, 2.75) is 25.1 Å². The summed E-state index contributed by atoms with van der Waals surface area (Å²) in [5.74, 6) is -0.244. The predicted octanol–water partition coefficient (Wildman–Crippen LogP) is 2.20. The van der Waals surface area contributed by atoms with Crippen LogP contribution >= 0.6 is 23.4 Å². The lowest BCUT2D eigenvalue weighted by molar-refractivity contribution is -0.121. The number of aryl methyl sites for hydroxylation is 1. The number of amides is 4. The molecule has 2 N–H and O–H groups in total. The van der Waals surface area contributed by atoms with Crippen LogP contribution in [0.1, 0.15) is 17.9 Å². The summed E-state index contributed by atoms with van der Waals surface area (Å²) in [6.07, 6.45) is 0.227. The first-order valence-electron chi connectivity index (χ1n) is 8.00. The van der Waals surface area contributed by atoms with Gasteiger partial charge in [0.05, 0.1) is 5.75 Å². The molecule has 142 valence electrons. The fraction of sp³-hybridized carbons (Fsp3) is 0.312. The van der Waals surface area contributed by atoms with E-state index in [1.807, 2.05) is 13.0 Å². The number of hydrogen-bond donors (Lipinski definition) is 2. The molecule has 3 rings (SSSR count). The van der Waals surface area contributed by atoms with Crippen molar-refractivity contribution in [1.29, 1.82) is 0 Å². The van der Waals surface area contributed by atoms with Crippen molar-refractivity contribution in [3.05, 3.63) is 34.7 Å². The number of imide groups is 1. The number of hydrogen-bond acceptors (Lipinski definition) is 7. The number of anilines is 1. The third kappa shape index (κ3) is 5.20. The number of carbonyl (C=O) groups excluding carboxylic acids is 3. The zero-order valence-electron chi connectivity index (χ0n) is 14.3. The molecule has 0 saturated carbocycles. The highest BCUT2D eigenvalue weighted by Crippen LogP contribution is 2.21. The number of rotatable bonds is 6. The molecule has 0 radical (unpaired) electrons. The number of urea groups is 1. The van der Waals surface area contributed by atoms with E-state index in [-0.39, 0.29) is 48.2 Å². The maximum atomic E-state index is 12.0. The van der Waals surface area contributed by atoms with Crippen LogP contribution in [-0.2, 0) is 16.1 Å². The summed E-state index contributed by atoms with van der Waals surface area (Å²) < 4.78 is 5.43. The highest BCUT2D eigenvalue weighted by atomic mass is 35.5. The Morgan fingerprint density at radius 3 is 2.96 bits per heavy atom. The first-order valence-corrected chi connectivity index (χ1v) is 9.37. The van der Waals surface area contributed by atoms with Crippen molar-refractivity contribution in [1.82, 2.24) is 20.4 Å². The molecule has 0 aliphatic carbocycles. The summed E-state index contributed by atoms with van der Waals surface area (Å²) in [4.78, 5) is 36.2. The van der Waals surface area contributed by atoms with Crippen LogP contribution in [-0.4, -0.2) is 45.2 Å². The minimum Gasteiger partial charge on any atom is -0.414 e. The van der Waals surface area contributed by atoms with Crippen LogP contribution in [0.5, 0.6) is 0 Å². The van der Waals surface area contributed by atoms with E-state index in [9.17, 15) is 14.4 Å². The number of nitrogens with zero attached hydrogens (tertiary/aromatic N) is 3. The van der Waals surface area contributed by atoms with Crippen LogP contribution in [0.2, 0.25) is 5.02 Å². The molecule has 0 spiro atoms. The maximum absolute atomic E-state index is 12.0. The van der Waals surface area contributed by atoms with Crippen LogP contribution in [0, 0.1) is 6.92 Å². The minimum absolute atomic E-state index is 0.0752. The van der Waals surface area contributed by atoms with Gasteiger partial charge in [-0.05, 0) is 24.6 Å². The van der Waals surface area contributed by atoms with Crippen molar-refractivity contribution < 1.29 is 18.8 Å². The molecule has 2 aromatic rings. The molecule has 2 heterocycles. The quantitative estimate of drug-likeness (QED) is 0.702. The van der Waals surface area contributed by atoms with Crippen LogP contribution in [0.3, 0.4) is 0 Å². The minimum atomic E-state index is -0.491. The summed E-state index contributed by atoms with van der Waals surface area (Å²) >= 11 is 7.11. The monoisotopic (exact) mass is 409 g/mol. The molecule has 1 saturated heterocycles. The molecule has 11 heteroatoms. The fourth-order valence-corrected chi connectivity index (χ4v) is 3.03. The zero-order valence-corrected chi connectivity index (χ0v) is 15.9. The van der Waals surface area contributed by atoms with Gasteiger partial charge in [0.25, 0.3) is 5.22 Å². The molecule has 1 aromatic carbocycles. The van der Waals surface area contributed by atoms with Crippen LogP contribution in [0.25, 0.3) is 0 Å². The fourth-order valence-electron chi connectivity index (χ4n) is 2.27. The Labute approximate surface area is 163 Å². The van der Waals surface area contributed by atoms with Crippen molar-refractivity contribution in [2.75, 3.05) is 17.6 Å². The molecule has 1 aliphatic rings. The zero-order chi connectivity index (χ0) is 19.4. The predicted molar refractivity (Wildman–Crippen MR) is 98.4 cm³/mol. The van der Waals surface area contributed by atoms with Crippen molar-refractivity contribution in [2.24, 2.45) is 0 Å². The molecule has 9 nitrogen and oxygen atoms in total. The molecular weight excluding hydrogens is 394 g/mol. The summed E-state index contributed by atoms with van der Waals surface area (Å²) in [5.41, 5.74) is 1.53. The van der Waals surface area contributed by atoms with Gasteiger partial charge in [-0.1, -0.05) is 29.4 Å². The molecule has 4 amide bonds. The van der Waals surface area contributed by atoms with E-state index >= 15 is 0 Å². The Morgan fingerprint density at radius 2 is 2.22 bits per heavy atom. The van der Waals surface area contributed by atoms with Crippen molar-refractivity contribution in [3.63, 3.8) is 0 Å². The van der Waals surface area contributed by atoms with Gasteiger partial charge in [-0.2, -0.15) is 0 Å². The molecule has 0 atom stereocenters. The van der Waals surface area contributed by atoms with Gasteiger partial charge in [-0.3, -0.25) is 14.9 Å². The maximum Gasteiger partial charge on any atom is 0.324 e. The Kier molecular flexibility index (Phi) is 5.97. The van der Waals surface area contributed by atoms with Gasteiger partial charge in [0, 0.05) is 23.7 Å². The molecule has 1 fully saturated rings. The van der Waals surface area contributed by atoms with Gasteiger partial charge < -0.3 is 14.6 Å². The Hall–Kier alpha value is -2.59. The second-order valence-corrected chi connectivity index (χ2v) is 7.12. The average molecular weight is 410 g/mol. The topological polar surface area (TPSA) is 117 Å². The van der Waals surface area contributed by atoms with E-state index in [1.165, 1.54) is 4.90 Å². The van der Waals surface area contributed by atoms with E-state index < -0.39 is 6.03 Å². The lowest BCUT2D eigenvalue weighted by atomic mass is 10.2. The number of benzene rings is 1. The molecular formula is C16H16ClN5O4S. The number of nitrogens with one attached hydrogen (secondary N) is 2. The van der Waals surface area contributed by atoms with E-state index in [1.54, 1.807) is 12.1 Å². The third-order valence-corrected chi connectivity index (χ3v) is 4.92. The van der Waals surface area contributed by atoms with Gasteiger partial charge >= 0.3 is 6.03 Å². The number of aromatic nitrogens is 2. The number of halogens is 1. The summed E-state index contributed by atoms with van der Waals surface area (Å²) in [7, 11) is 0. The lowest BCUT2D eigenvalue weighted by Gasteiger charge is -2.24. The second-order valence-electron chi connectivity index (χ2n) is 5.79. The average Bonchev–Trinajstić information content (AvgIpc) is 3.06. The Bertz CT molecular complexity index is 887. The highest BCUT2D eigenvalue weighted by molar-refractivity contribution is 7.99. The molecule has 1 aromatic heterocycles. The molecule has 1 aliphatic heterocycles. The number of thioether (sulfide) groups is 1. The molecule has 0 unspecified atom stereocenters. The molecule has 0 bridgehead atoms. The first-order chi connectivity index (χ1) is 12.9. The number of carbonyl (C=O) groups is 3. The highest BCUT2D eigenvalue weighted by Gasteiger charge is 2.24. The summed E-state index contributed by atoms with van der Waals surface area (Å²) in [5, 5.41) is 13.4.